The number of amides is 2. The summed E-state index contributed by atoms with van der Waals surface area (Å²) in [6.45, 7) is 0. The van der Waals surface area contributed by atoms with Crippen LogP contribution in [0.2, 0.25) is 0 Å². The molecule has 0 aliphatic heterocycles. The fourth-order valence-electron chi connectivity index (χ4n) is 0.938. The van der Waals surface area contributed by atoms with Gasteiger partial charge in [0.1, 0.15) is 0 Å². The average molecular weight is 240 g/mol. The third-order valence-electron chi connectivity index (χ3n) is 1.42. The number of anilines is 1. The van der Waals surface area contributed by atoms with Gasteiger partial charge in [-0.25, -0.2) is 4.79 Å². The molecule has 2 amide bonds. The molecular weight excluding hydrogens is 231 g/mol. The first kappa shape index (κ1) is 14.4. The van der Waals surface area contributed by atoms with Gasteiger partial charge in [-0.05, 0) is 12.1 Å². The molecule has 0 aliphatic carbocycles. The zero-order valence-electron chi connectivity index (χ0n) is 8.99. The van der Waals surface area contributed by atoms with Gasteiger partial charge in [0.15, 0.2) is 0 Å². The van der Waals surface area contributed by atoms with E-state index in [1.807, 2.05) is 0 Å². The number of nitrogens with zero attached hydrogens (tertiary/aromatic N) is 1. The van der Waals surface area contributed by atoms with E-state index in [0.29, 0.717) is 0 Å². The summed E-state index contributed by atoms with van der Waals surface area (Å²) in [7, 11) is -4.66. The normalized spacial score (nSPS) is 10.2. The van der Waals surface area contributed by atoms with Crippen LogP contribution in [0.3, 0.4) is 0 Å². The van der Waals surface area contributed by atoms with Gasteiger partial charge in [0, 0.05) is 0 Å². The predicted octanol–water partition coefficient (Wildman–Crippen LogP) is -2.51. The summed E-state index contributed by atoms with van der Waals surface area (Å²) in [5.41, 5.74) is 4.79. The van der Waals surface area contributed by atoms with E-state index >= 15 is 0 Å². The molecule has 1 aromatic rings. The molecule has 0 aromatic heterocycles. The van der Waals surface area contributed by atoms with Gasteiger partial charge in [-0.3, -0.25) is 4.55 Å². The summed E-state index contributed by atoms with van der Waals surface area (Å²) in [4.78, 5) is 10.8. The molecule has 0 saturated heterocycles. The molecule has 0 spiro atoms. The predicted molar refractivity (Wildman–Crippen MR) is 51.2 cm³/mol. The summed E-state index contributed by atoms with van der Waals surface area (Å²) in [5, 5.41) is 0. The Bertz CT molecular complexity index is 439. The Morgan fingerprint density at radius 2 is 1.80 bits per heavy atom. The summed E-state index contributed by atoms with van der Waals surface area (Å²) in [6.07, 6.45) is 0. The van der Waals surface area contributed by atoms with Crippen molar-refractivity contribution in [2.24, 2.45) is 5.73 Å². The summed E-state index contributed by atoms with van der Waals surface area (Å²) < 4.78 is 30.3. The van der Waals surface area contributed by atoms with Gasteiger partial charge < -0.3 is 7.16 Å². The Kier molecular flexibility index (Phi) is 5.26. The number of carbonyl (C=O) groups excluding carboxylic acids is 1. The number of benzene rings is 1. The third-order valence-corrected chi connectivity index (χ3v) is 2.27. The number of carbonyl (C=O) groups is 1. The molecule has 0 fully saturated rings. The zero-order chi connectivity index (χ0) is 10.8. The minimum Gasteiger partial charge on any atom is -1.00 e. The minimum atomic E-state index is -4.66. The molecule has 0 aliphatic rings. The molecule has 3 N–H and O–H groups in total. The molecule has 0 atom stereocenters. The smallest absolute Gasteiger partial charge is 1.00 e. The van der Waals surface area contributed by atoms with E-state index in [-0.39, 0.29) is 41.0 Å². The van der Waals surface area contributed by atoms with E-state index in [9.17, 15) is 13.2 Å². The Labute approximate surface area is 111 Å². The van der Waals surface area contributed by atoms with E-state index in [4.69, 9.17) is 10.3 Å². The Morgan fingerprint density at radius 1 is 1.33 bits per heavy atom. The summed E-state index contributed by atoms with van der Waals surface area (Å²) in [6, 6.07) is 6.05. The van der Waals surface area contributed by atoms with Crippen LogP contribution in [0.4, 0.5) is 10.5 Å². The fourth-order valence-corrected chi connectivity index (χ4v) is 1.55. The molecule has 8 heteroatoms. The molecule has 1 rings (SSSR count). The van der Waals surface area contributed by atoms with Crippen LogP contribution in [-0.4, -0.2) is 19.0 Å². The Morgan fingerprint density at radius 3 is 2.13 bits per heavy atom. The van der Waals surface area contributed by atoms with E-state index in [0.717, 1.165) is 0 Å². The van der Waals surface area contributed by atoms with E-state index < -0.39 is 16.3 Å². The number of primary amides is 1. The van der Waals surface area contributed by atoms with Crippen molar-refractivity contribution in [2.45, 2.75) is 0 Å². The molecular formula is C7H9N2NaO4S. The number of rotatable bonds is 2. The monoisotopic (exact) mass is 240 g/mol. The largest absolute Gasteiger partial charge is 1.00 e. The van der Waals surface area contributed by atoms with Gasteiger partial charge in [-0.1, -0.05) is 18.2 Å². The third kappa shape index (κ3) is 3.80. The maximum absolute atomic E-state index is 10.8. The van der Waals surface area contributed by atoms with Crippen LogP contribution >= 0.6 is 0 Å². The van der Waals surface area contributed by atoms with E-state index in [1.165, 1.54) is 24.3 Å². The second kappa shape index (κ2) is 5.47. The van der Waals surface area contributed by atoms with Crippen LogP contribution in [0, 0.1) is 0 Å². The maximum atomic E-state index is 10.8. The zero-order valence-corrected chi connectivity index (χ0v) is 10.8. The number of nitrogens with two attached hydrogens (primary N) is 1. The first-order valence-electron chi connectivity index (χ1n) is 3.55. The first-order valence-corrected chi connectivity index (χ1v) is 4.95. The molecule has 0 heterocycles. The van der Waals surface area contributed by atoms with Crippen molar-refractivity contribution in [2.75, 3.05) is 4.31 Å². The van der Waals surface area contributed by atoms with Gasteiger partial charge in [-0.15, -0.1) is 0 Å². The van der Waals surface area contributed by atoms with Crippen molar-refractivity contribution in [1.82, 2.24) is 0 Å². The first-order chi connectivity index (χ1) is 6.43. The molecule has 0 bridgehead atoms. The van der Waals surface area contributed by atoms with Crippen LogP contribution < -0.4 is 39.6 Å². The van der Waals surface area contributed by atoms with Gasteiger partial charge in [0.25, 0.3) is 0 Å². The molecule has 0 unspecified atom stereocenters. The fraction of sp³-hybridized carbons (Fsp3) is 0. The van der Waals surface area contributed by atoms with Crippen LogP contribution in [0.15, 0.2) is 30.3 Å². The minimum absolute atomic E-state index is 0. The molecule has 1 aromatic carbocycles. The number of hydrogen-bond acceptors (Lipinski definition) is 3. The number of hydrogen-bond donors (Lipinski definition) is 2. The van der Waals surface area contributed by atoms with Crippen LogP contribution in [0.25, 0.3) is 0 Å². The molecule has 78 valence electrons. The number of para-hydroxylation sites is 1. The van der Waals surface area contributed by atoms with Crippen molar-refractivity contribution < 1.29 is 48.7 Å². The second-order valence-corrected chi connectivity index (χ2v) is 3.68. The summed E-state index contributed by atoms with van der Waals surface area (Å²) >= 11 is 0. The molecule has 0 saturated carbocycles. The molecule has 0 radical (unpaired) electrons. The quantitative estimate of drug-likeness (QED) is 0.440. The van der Waals surface area contributed by atoms with Crippen molar-refractivity contribution >= 4 is 22.0 Å². The Hall–Kier alpha value is -0.600. The van der Waals surface area contributed by atoms with Crippen molar-refractivity contribution in [3.05, 3.63) is 30.3 Å². The van der Waals surface area contributed by atoms with Gasteiger partial charge in [-0.2, -0.15) is 12.7 Å². The van der Waals surface area contributed by atoms with E-state index in [1.54, 1.807) is 6.07 Å². The SMILES string of the molecule is NC(=O)N(c1ccccc1)S(=O)(=O)O.[H-].[Na+]. The van der Waals surface area contributed by atoms with Crippen LogP contribution in [0.1, 0.15) is 1.43 Å². The van der Waals surface area contributed by atoms with Crippen LogP contribution in [-0.2, 0) is 10.3 Å². The van der Waals surface area contributed by atoms with Gasteiger partial charge in [0.2, 0.25) is 0 Å². The van der Waals surface area contributed by atoms with E-state index in [2.05, 4.69) is 0 Å². The Balaban J connectivity index is 0. The molecule has 6 nitrogen and oxygen atoms in total. The maximum Gasteiger partial charge on any atom is 1.00 e. The standard InChI is InChI=1S/C7H8N2O4S.Na.H/c8-7(10)9(14(11,12)13)6-4-2-1-3-5-6;;/h1-5H,(H2,8,10)(H,11,12,13);;/q;+1;-1. The van der Waals surface area contributed by atoms with Gasteiger partial charge in [0.05, 0.1) is 5.69 Å². The molecule has 15 heavy (non-hydrogen) atoms. The number of urea groups is 1. The topological polar surface area (TPSA) is 101 Å². The van der Waals surface area contributed by atoms with Crippen molar-refractivity contribution in [3.8, 4) is 0 Å². The second-order valence-electron chi connectivity index (χ2n) is 2.42. The van der Waals surface area contributed by atoms with Crippen molar-refractivity contribution in [3.63, 3.8) is 0 Å². The average Bonchev–Trinajstić information content (AvgIpc) is 2.02. The summed E-state index contributed by atoms with van der Waals surface area (Å²) in [5.74, 6) is 0. The van der Waals surface area contributed by atoms with Crippen LogP contribution in [0.5, 0.6) is 0 Å². The van der Waals surface area contributed by atoms with Crippen molar-refractivity contribution in [1.29, 1.82) is 0 Å². The van der Waals surface area contributed by atoms with Gasteiger partial charge >= 0.3 is 45.9 Å².